The highest BCUT2D eigenvalue weighted by atomic mass is 16.2. The van der Waals surface area contributed by atoms with Gasteiger partial charge in [-0.05, 0) is 13.8 Å². The van der Waals surface area contributed by atoms with Crippen molar-refractivity contribution < 1.29 is 9.59 Å². The van der Waals surface area contributed by atoms with Crippen LogP contribution in [-0.4, -0.2) is 23.2 Å². The Kier molecular flexibility index (Phi) is 2.11. The number of carbonyl (C=O) groups excluding carboxylic acids is 2. The summed E-state index contributed by atoms with van der Waals surface area (Å²) in [6.45, 7) is 3.45. The summed E-state index contributed by atoms with van der Waals surface area (Å²) in [7, 11) is 0. The molecule has 0 aromatic heterocycles. The molecular formula is C9H10N4O2. The standard InChI is InChI=1S/C9H10N4O2/c1-4-6(8(14)12-10-4)3-7-5(2)11-13-9(7)15/h3,6H,1-2H3,(H,12,14)(H,13,15). The van der Waals surface area contributed by atoms with Crippen LogP contribution in [0.5, 0.6) is 0 Å². The Bertz CT molecular complexity index is 433. The molecule has 2 N–H and O–H groups in total. The molecule has 2 rings (SSSR count). The SMILES string of the molecule is CC1=NNC(=O)C1=CC1C(=O)NN=C1C. The Balaban J connectivity index is 2.30. The highest BCUT2D eigenvalue weighted by Gasteiger charge is 2.28. The van der Waals surface area contributed by atoms with Crippen LogP contribution in [0.4, 0.5) is 0 Å². The summed E-state index contributed by atoms with van der Waals surface area (Å²) in [4.78, 5) is 22.7. The van der Waals surface area contributed by atoms with E-state index in [2.05, 4.69) is 21.1 Å². The first-order valence-electron chi connectivity index (χ1n) is 4.50. The maximum atomic E-state index is 11.3. The van der Waals surface area contributed by atoms with Gasteiger partial charge in [0.25, 0.3) is 11.8 Å². The van der Waals surface area contributed by atoms with Gasteiger partial charge in [-0.1, -0.05) is 6.08 Å². The summed E-state index contributed by atoms with van der Waals surface area (Å²) in [6.07, 6.45) is 1.59. The normalized spacial score (nSPS) is 27.6. The first-order chi connectivity index (χ1) is 7.09. The van der Waals surface area contributed by atoms with E-state index in [-0.39, 0.29) is 11.8 Å². The molecule has 0 fully saturated rings. The molecule has 2 aliphatic rings. The number of rotatable bonds is 1. The molecule has 1 unspecified atom stereocenters. The molecule has 15 heavy (non-hydrogen) atoms. The van der Waals surface area contributed by atoms with Gasteiger partial charge in [0.15, 0.2) is 0 Å². The maximum Gasteiger partial charge on any atom is 0.272 e. The molecule has 2 heterocycles. The van der Waals surface area contributed by atoms with Gasteiger partial charge in [-0.15, -0.1) is 0 Å². The summed E-state index contributed by atoms with van der Waals surface area (Å²) in [5.41, 5.74) is 6.37. The summed E-state index contributed by atoms with van der Waals surface area (Å²) < 4.78 is 0. The number of hydrazone groups is 2. The lowest BCUT2D eigenvalue weighted by atomic mass is 9.99. The van der Waals surface area contributed by atoms with Crippen molar-refractivity contribution in [3.05, 3.63) is 11.6 Å². The van der Waals surface area contributed by atoms with Gasteiger partial charge in [0.1, 0.15) is 0 Å². The van der Waals surface area contributed by atoms with Crippen LogP contribution >= 0.6 is 0 Å². The number of nitrogens with zero attached hydrogens (tertiary/aromatic N) is 2. The van der Waals surface area contributed by atoms with Crippen LogP contribution in [0, 0.1) is 5.92 Å². The van der Waals surface area contributed by atoms with Gasteiger partial charge in [-0.2, -0.15) is 10.2 Å². The van der Waals surface area contributed by atoms with E-state index in [0.29, 0.717) is 17.0 Å². The molecular weight excluding hydrogens is 196 g/mol. The fraction of sp³-hybridized carbons (Fsp3) is 0.333. The minimum absolute atomic E-state index is 0.215. The summed E-state index contributed by atoms with van der Waals surface area (Å²) in [5, 5.41) is 7.56. The fourth-order valence-corrected chi connectivity index (χ4v) is 1.45. The number of carbonyl (C=O) groups is 2. The molecule has 1 atom stereocenters. The average molecular weight is 206 g/mol. The van der Waals surface area contributed by atoms with Crippen molar-refractivity contribution in [1.82, 2.24) is 10.9 Å². The molecule has 0 spiro atoms. The molecule has 2 aliphatic heterocycles. The van der Waals surface area contributed by atoms with Crippen LogP contribution in [0.15, 0.2) is 21.9 Å². The third kappa shape index (κ3) is 1.54. The lowest BCUT2D eigenvalue weighted by molar-refractivity contribution is -0.121. The predicted molar refractivity (Wildman–Crippen MR) is 54.1 cm³/mol. The van der Waals surface area contributed by atoms with Gasteiger partial charge < -0.3 is 0 Å². The van der Waals surface area contributed by atoms with Crippen LogP contribution in [0.1, 0.15) is 13.8 Å². The van der Waals surface area contributed by atoms with Crippen LogP contribution < -0.4 is 10.9 Å². The van der Waals surface area contributed by atoms with Crippen LogP contribution in [0.25, 0.3) is 0 Å². The largest absolute Gasteiger partial charge is 0.272 e. The number of hydrogen-bond acceptors (Lipinski definition) is 4. The molecule has 2 amide bonds. The fourth-order valence-electron chi connectivity index (χ4n) is 1.45. The monoisotopic (exact) mass is 206 g/mol. The van der Waals surface area contributed by atoms with Crippen molar-refractivity contribution in [1.29, 1.82) is 0 Å². The first-order valence-corrected chi connectivity index (χ1v) is 4.50. The van der Waals surface area contributed by atoms with Crippen molar-refractivity contribution in [2.75, 3.05) is 0 Å². The van der Waals surface area contributed by atoms with Gasteiger partial charge in [-0.3, -0.25) is 9.59 Å². The molecule has 78 valence electrons. The van der Waals surface area contributed by atoms with Crippen molar-refractivity contribution >= 4 is 23.2 Å². The minimum Gasteiger partial charge on any atom is -0.272 e. The highest BCUT2D eigenvalue weighted by Crippen LogP contribution is 2.14. The second kappa shape index (κ2) is 3.30. The van der Waals surface area contributed by atoms with E-state index in [9.17, 15) is 9.59 Å². The summed E-state index contributed by atoms with van der Waals surface area (Å²) in [5.74, 6) is -0.957. The Morgan fingerprint density at radius 1 is 1.20 bits per heavy atom. The van der Waals surface area contributed by atoms with E-state index in [1.165, 1.54) is 0 Å². The van der Waals surface area contributed by atoms with Crippen molar-refractivity contribution in [3.63, 3.8) is 0 Å². The van der Waals surface area contributed by atoms with Gasteiger partial charge >= 0.3 is 0 Å². The molecule has 0 aliphatic carbocycles. The first kappa shape index (κ1) is 9.57. The lowest BCUT2D eigenvalue weighted by Gasteiger charge is -2.02. The van der Waals surface area contributed by atoms with Gasteiger partial charge in [0, 0.05) is 0 Å². The molecule has 0 aromatic carbocycles. The Labute approximate surface area is 86.1 Å². The quantitative estimate of drug-likeness (QED) is 0.569. The van der Waals surface area contributed by atoms with Crippen LogP contribution in [0.3, 0.4) is 0 Å². The van der Waals surface area contributed by atoms with E-state index < -0.39 is 5.92 Å². The Hall–Kier alpha value is -1.98. The van der Waals surface area contributed by atoms with E-state index in [1.54, 1.807) is 19.9 Å². The molecule has 0 aromatic rings. The molecule has 6 nitrogen and oxygen atoms in total. The lowest BCUT2D eigenvalue weighted by Crippen LogP contribution is -2.22. The molecule has 0 saturated heterocycles. The Morgan fingerprint density at radius 3 is 2.40 bits per heavy atom. The number of hydrogen-bond donors (Lipinski definition) is 2. The van der Waals surface area contributed by atoms with E-state index in [1.807, 2.05) is 0 Å². The summed E-state index contributed by atoms with van der Waals surface area (Å²) >= 11 is 0. The molecule has 0 saturated carbocycles. The maximum absolute atomic E-state index is 11.3. The highest BCUT2D eigenvalue weighted by molar-refractivity contribution is 6.25. The van der Waals surface area contributed by atoms with Crippen LogP contribution in [0.2, 0.25) is 0 Å². The number of nitrogens with one attached hydrogen (secondary N) is 2. The van der Waals surface area contributed by atoms with Crippen molar-refractivity contribution in [2.45, 2.75) is 13.8 Å². The number of amides is 2. The topological polar surface area (TPSA) is 82.9 Å². The van der Waals surface area contributed by atoms with Crippen molar-refractivity contribution in [2.24, 2.45) is 16.1 Å². The third-order valence-corrected chi connectivity index (χ3v) is 2.37. The average Bonchev–Trinajstić information content (AvgIpc) is 2.67. The van der Waals surface area contributed by atoms with Gasteiger partial charge in [0.2, 0.25) is 0 Å². The zero-order chi connectivity index (χ0) is 11.0. The molecule has 6 heteroatoms. The zero-order valence-electron chi connectivity index (χ0n) is 8.37. The zero-order valence-corrected chi connectivity index (χ0v) is 8.37. The van der Waals surface area contributed by atoms with E-state index >= 15 is 0 Å². The van der Waals surface area contributed by atoms with Crippen LogP contribution in [-0.2, 0) is 9.59 Å². The second-order valence-corrected chi connectivity index (χ2v) is 3.43. The van der Waals surface area contributed by atoms with E-state index in [0.717, 1.165) is 0 Å². The van der Waals surface area contributed by atoms with Gasteiger partial charge in [0.05, 0.1) is 22.9 Å². The smallest absolute Gasteiger partial charge is 0.272 e. The minimum atomic E-state index is -0.464. The molecule has 0 bridgehead atoms. The van der Waals surface area contributed by atoms with Gasteiger partial charge in [-0.25, -0.2) is 10.9 Å². The third-order valence-electron chi connectivity index (χ3n) is 2.37. The predicted octanol–water partition coefficient (Wildman–Crippen LogP) is -0.460. The Morgan fingerprint density at radius 2 is 1.93 bits per heavy atom. The van der Waals surface area contributed by atoms with E-state index in [4.69, 9.17) is 0 Å². The van der Waals surface area contributed by atoms with Crippen molar-refractivity contribution in [3.8, 4) is 0 Å². The second-order valence-electron chi connectivity index (χ2n) is 3.43. The molecule has 0 radical (unpaired) electrons. The summed E-state index contributed by atoms with van der Waals surface area (Å²) in [6, 6.07) is 0.